The molecule has 4 aliphatic rings. The lowest BCUT2D eigenvalue weighted by Crippen LogP contribution is -2.61. The van der Waals surface area contributed by atoms with Gasteiger partial charge in [-0.1, -0.05) is 0 Å². The number of carbonyl (C=O) groups is 2. The van der Waals surface area contributed by atoms with Gasteiger partial charge in [0.15, 0.2) is 5.82 Å². The van der Waals surface area contributed by atoms with Crippen molar-refractivity contribution < 1.29 is 19.4 Å². The standard InChI is InChI=1S/C22H33N7O5/c1-20(34-17(31)12-4-2-8-24-12,11-22(18(32)33)5-3-9-26-22)21(6-7-21)13-10-25-15-14(27-13)16(30)29-19(23)28-15/h12-13,24,26-27H,2-11H2,1H3,(H,32,33)(H4,23,25,28,29,30)/t12?,13-,20-,22-/m1/s1. The summed E-state index contributed by atoms with van der Waals surface area (Å²) in [5.74, 6) is -0.877. The lowest BCUT2D eigenvalue weighted by Gasteiger charge is -2.47. The molecular weight excluding hydrogens is 442 g/mol. The molecule has 0 spiro atoms. The number of nitrogens with two attached hydrogens (primary N) is 1. The van der Waals surface area contributed by atoms with Crippen molar-refractivity contribution in [2.45, 2.75) is 75.1 Å². The fourth-order valence-corrected chi connectivity index (χ4v) is 6.17. The number of nitrogen functional groups attached to an aromatic ring is 1. The summed E-state index contributed by atoms with van der Waals surface area (Å²) >= 11 is 0. The number of H-pyrrole nitrogens is 1. The van der Waals surface area contributed by atoms with Gasteiger partial charge in [0.1, 0.15) is 22.9 Å². The molecule has 12 heteroatoms. The van der Waals surface area contributed by atoms with Crippen molar-refractivity contribution in [1.29, 1.82) is 0 Å². The molecule has 3 fully saturated rings. The monoisotopic (exact) mass is 475 g/mol. The molecule has 1 aromatic rings. The van der Waals surface area contributed by atoms with Crippen LogP contribution in [0.1, 0.15) is 51.9 Å². The molecule has 1 unspecified atom stereocenters. The van der Waals surface area contributed by atoms with Gasteiger partial charge in [0.05, 0.1) is 6.04 Å². The summed E-state index contributed by atoms with van der Waals surface area (Å²) in [5, 5.41) is 23.0. The predicted molar refractivity (Wildman–Crippen MR) is 125 cm³/mol. The Bertz CT molecular complexity index is 1040. The van der Waals surface area contributed by atoms with Gasteiger partial charge in [-0.05, 0) is 58.5 Å². The maximum atomic E-state index is 13.2. The zero-order valence-electron chi connectivity index (χ0n) is 19.3. The number of aromatic amines is 1. The fourth-order valence-electron chi connectivity index (χ4n) is 6.17. The summed E-state index contributed by atoms with van der Waals surface area (Å²) in [6.45, 7) is 3.66. The topological polar surface area (TPSA) is 183 Å². The van der Waals surface area contributed by atoms with Gasteiger partial charge in [0.2, 0.25) is 5.95 Å². The zero-order valence-corrected chi connectivity index (χ0v) is 19.3. The van der Waals surface area contributed by atoms with Crippen LogP contribution in [-0.4, -0.2) is 69.9 Å². The number of carboxylic acids is 1. The number of rotatable bonds is 7. The number of carbonyl (C=O) groups excluding carboxylic acids is 1. The molecule has 5 rings (SSSR count). The van der Waals surface area contributed by atoms with Crippen molar-refractivity contribution >= 4 is 29.4 Å². The van der Waals surface area contributed by atoms with Crippen LogP contribution in [0.2, 0.25) is 0 Å². The Labute approximate surface area is 196 Å². The van der Waals surface area contributed by atoms with E-state index in [0.29, 0.717) is 31.7 Å². The number of hydrogen-bond donors (Lipinski definition) is 7. The second-order valence-corrected chi connectivity index (χ2v) is 10.3. The predicted octanol–water partition coefficient (Wildman–Crippen LogP) is -0.0109. The van der Waals surface area contributed by atoms with E-state index in [1.165, 1.54) is 0 Å². The number of carboxylic acid groups (broad SMARTS) is 1. The van der Waals surface area contributed by atoms with Crippen molar-refractivity contribution in [1.82, 2.24) is 20.6 Å². The highest BCUT2D eigenvalue weighted by molar-refractivity contribution is 5.80. The van der Waals surface area contributed by atoms with Crippen LogP contribution in [0, 0.1) is 5.41 Å². The van der Waals surface area contributed by atoms with Crippen LogP contribution in [0.5, 0.6) is 0 Å². The third-order valence-electron chi connectivity index (χ3n) is 8.20. The molecule has 12 nitrogen and oxygen atoms in total. The Kier molecular flexibility index (Phi) is 5.47. The number of anilines is 3. The molecule has 0 radical (unpaired) electrons. The largest absolute Gasteiger partial charge is 0.480 e. The molecule has 1 saturated carbocycles. The summed E-state index contributed by atoms with van der Waals surface area (Å²) in [7, 11) is 0. The molecular formula is C22H33N7O5. The van der Waals surface area contributed by atoms with Crippen LogP contribution < -0.4 is 32.6 Å². The minimum absolute atomic E-state index is 0.0242. The molecule has 186 valence electrons. The molecule has 34 heavy (non-hydrogen) atoms. The van der Waals surface area contributed by atoms with Crippen molar-refractivity contribution in [2.24, 2.45) is 5.41 Å². The molecule has 1 aliphatic carbocycles. The number of aromatic nitrogens is 2. The van der Waals surface area contributed by atoms with Crippen molar-refractivity contribution in [3.05, 3.63) is 10.4 Å². The van der Waals surface area contributed by atoms with E-state index in [1.807, 2.05) is 6.92 Å². The van der Waals surface area contributed by atoms with Gasteiger partial charge in [-0.15, -0.1) is 0 Å². The lowest BCUT2D eigenvalue weighted by atomic mass is 9.71. The van der Waals surface area contributed by atoms with Crippen LogP contribution in [0.15, 0.2) is 4.79 Å². The van der Waals surface area contributed by atoms with Crippen molar-refractivity contribution in [2.75, 3.05) is 36.0 Å². The van der Waals surface area contributed by atoms with Gasteiger partial charge in [-0.25, -0.2) is 0 Å². The Morgan fingerprint density at radius 3 is 2.68 bits per heavy atom. The second-order valence-electron chi connectivity index (χ2n) is 10.3. The van der Waals surface area contributed by atoms with Gasteiger partial charge >= 0.3 is 11.9 Å². The van der Waals surface area contributed by atoms with Crippen molar-refractivity contribution in [3.63, 3.8) is 0 Å². The first-order valence-corrected chi connectivity index (χ1v) is 12.0. The SMILES string of the molecule is C[C@](C[C@@]1(C(=O)O)CCCN1)(OC(=O)C1CCCN1)C1([C@H]2CNc3nc(N)[nH]c(=O)c3N2)CC1. The summed E-state index contributed by atoms with van der Waals surface area (Å²) in [5.41, 5.74) is 2.79. The van der Waals surface area contributed by atoms with Crippen LogP contribution in [-0.2, 0) is 14.3 Å². The summed E-state index contributed by atoms with van der Waals surface area (Å²) in [6, 6.07) is -0.659. The number of aliphatic carboxylic acids is 1. The molecule has 8 N–H and O–H groups in total. The first-order valence-electron chi connectivity index (χ1n) is 12.0. The van der Waals surface area contributed by atoms with E-state index in [-0.39, 0.29) is 41.7 Å². The Balaban J connectivity index is 1.48. The third kappa shape index (κ3) is 3.68. The van der Waals surface area contributed by atoms with Crippen LogP contribution >= 0.6 is 0 Å². The molecule has 4 heterocycles. The minimum Gasteiger partial charge on any atom is -0.480 e. The van der Waals surface area contributed by atoms with E-state index in [1.54, 1.807) is 0 Å². The van der Waals surface area contributed by atoms with E-state index in [9.17, 15) is 19.5 Å². The Hall–Kier alpha value is -2.86. The summed E-state index contributed by atoms with van der Waals surface area (Å²) in [6.07, 6.45) is 4.42. The average molecular weight is 476 g/mol. The number of nitrogens with one attached hydrogen (secondary N) is 5. The van der Waals surface area contributed by atoms with Crippen LogP contribution in [0.4, 0.5) is 17.5 Å². The quantitative estimate of drug-likeness (QED) is 0.263. The first-order chi connectivity index (χ1) is 16.2. The third-order valence-corrected chi connectivity index (χ3v) is 8.20. The van der Waals surface area contributed by atoms with E-state index < -0.39 is 22.5 Å². The first kappa shape index (κ1) is 22.9. The minimum atomic E-state index is -1.17. The summed E-state index contributed by atoms with van der Waals surface area (Å²) in [4.78, 5) is 44.8. The van der Waals surface area contributed by atoms with Crippen LogP contribution in [0.25, 0.3) is 0 Å². The second kappa shape index (κ2) is 8.12. The highest BCUT2D eigenvalue weighted by Crippen LogP contribution is 2.62. The van der Waals surface area contributed by atoms with Gasteiger partial charge < -0.3 is 36.8 Å². The number of nitrogens with zero attached hydrogens (tertiary/aromatic N) is 1. The molecule has 2 saturated heterocycles. The summed E-state index contributed by atoms with van der Waals surface area (Å²) < 4.78 is 6.28. The molecule has 0 amide bonds. The highest BCUT2D eigenvalue weighted by Gasteiger charge is 2.67. The average Bonchev–Trinajstić information content (AvgIpc) is 3.19. The maximum Gasteiger partial charge on any atom is 0.324 e. The van der Waals surface area contributed by atoms with Gasteiger partial charge in [-0.2, -0.15) is 4.98 Å². The smallest absolute Gasteiger partial charge is 0.324 e. The highest BCUT2D eigenvalue weighted by atomic mass is 16.6. The van der Waals surface area contributed by atoms with Crippen molar-refractivity contribution in [3.8, 4) is 0 Å². The van der Waals surface area contributed by atoms with Gasteiger partial charge in [0, 0.05) is 18.4 Å². The lowest BCUT2D eigenvalue weighted by molar-refractivity contribution is -0.176. The van der Waals surface area contributed by atoms with E-state index in [0.717, 1.165) is 32.2 Å². The molecule has 0 bridgehead atoms. The van der Waals surface area contributed by atoms with Gasteiger partial charge in [0.25, 0.3) is 5.56 Å². The number of esters is 1. The fraction of sp³-hybridized carbons (Fsp3) is 0.727. The van der Waals surface area contributed by atoms with E-state index >= 15 is 0 Å². The van der Waals surface area contributed by atoms with Crippen LogP contribution in [0.3, 0.4) is 0 Å². The number of ether oxygens (including phenoxy) is 1. The molecule has 0 aromatic carbocycles. The number of fused-ring (bicyclic) bond motifs is 1. The molecule has 3 aliphatic heterocycles. The van der Waals surface area contributed by atoms with E-state index in [2.05, 4.69) is 31.2 Å². The molecule has 1 aromatic heterocycles. The van der Waals surface area contributed by atoms with Gasteiger partial charge in [-0.3, -0.25) is 19.4 Å². The normalized spacial score (nSPS) is 31.0. The Morgan fingerprint density at radius 1 is 1.26 bits per heavy atom. The van der Waals surface area contributed by atoms with E-state index in [4.69, 9.17) is 10.5 Å². The Morgan fingerprint density at radius 2 is 2.06 bits per heavy atom. The maximum absolute atomic E-state index is 13.2. The zero-order chi connectivity index (χ0) is 24.1. The molecule has 4 atom stereocenters. The number of hydrogen-bond acceptors (Lipinski definition) is 10.